The Kier molecular flexibility index (Phi) is 9.80. The number of hydrogen-bond donors (Lipinski definition) is 5. The molecule has 1 heterocycles. The number of carbonyl (C=O) groups is 1. The summed E-state index contributed by atoms with van der Waals surface area (Å²) >= 11 is 0.942. The third-order valence-corrected chi connectivity index (χ3v) is 9.38. The largest absolute Gasteiger partial charge is 0.424 e. The first-order valence-corrected chi connectivity index (χ1v) is 15.2. The van der Waals surface area contributed by atoms with E-state index in [4.69, 9.17) is 21.3 Å². The molecule has 0 saturated carbocycles. The van der Waals surface area contributed by atoms with E-state index in [1.165, 1.54) is 6.07 Å². The summed E-state index contributed by atoms with van der Waals surface area (Å²) in [6.07, 6.45) is -0.970. The van der Waals surface area contributed by atoms with Gasteiger partial charge in [0.2, 0.25) is 5.91 Å². The van der Waals surface area contributed by atoms with E-state index in [9.17, 15) is 27.1 Å². The van der Waals surface area contributed by atoms with Crippen molar-refractivity contribution in [2.45, 2.75) is 4.21 Å². The zero-order valence-corrected chi connectivity index (χ0v) is 22.5. The number of fused-ring (bicyclic) bond motifs is 1. The minimum absolute atomic E-state index is 0.00270. The molecule has 0 radical (unpaired) electrons. The van der Waals surface area contributed by atoms with Gasteiger partial charge in [-0.2, -0.15) is 9.98 Å². The third kappa shape index (κ3) is 7.71. The fourth-order valence-corrected chi connectivity index (χ4v) is 7.23. The van der Waals surface area contributed by atoms with Crippen LogP contribution >= 0.6 is 18.9 Å². The van der Waals surface area contributed by atoms with Gasteiger partial charge in [0.25, 0.3) is 10.0 Å². The lowest BCUT2D eigenvalue weighted by molar-refractivity contribution is -0.129. The van der Waals surface area contributed by atoms with E-state index in [1.54, 1.807) is 29.2 Å². The van der Waals surface area contributed by atoms with Crippen LogP contribution in [0.2, 0.25) is 0 Å². The smallest absolute Gasteiger partial charge is 0.391 e. The Bertz CT molecular complexity index is 1500. The fourth-order valence-electron chi connectivity index (χ4n) is 3.30. The highest BCUT2D eigenvalue weighted by Crippen LogP contribution is 2.42. The number of thiophene rings is 1. The van der Waals surface area contributed by atoms with Gasteiger partial charge in [-0.25, -0.2) is 17.4 Å². The van der Waals surface area contributed by atoms with Gasteiger partial charge in [-0.3, -0.25) is 4.79 Å². The van der Waals surface area contributed by atoms with Crippen LogP contribution < -0.4 is 26.0 Å². The first-order valence-electron chi connectivity index (χ1n) is 11.1. The Balaban J connectivity index is 1.66. The van der Waals surface area contributed by atoms with Gasteiger partial charge < -0.3 is 31.1 Å². The summed E-state index contributed by atoms with van der Waals surface area (Å²) in [5, 5.41) is 12.3. The number of rotatable bonds is 13. The Morgan fingerprint density at radius 1 is 1.18 bits per heavy atom. The van der Waals surface area contributed by atoms with Crippen LogP contribution in [-0.2, 0) is 19.4 Å². The molecule has 0 aliphatic carbocycles. The SMILES string of the molecule is N#Cc1ccc(OP(=O)(O)CNS(=O)(=O)c2cc3cc(NCC(=O)N(CCN)CCN)ccc3s2)cc1F. The van der Waals surface area contributed by atoms with Crippen LogP contribution in [0.1, 0.15) is 5.56 Å². The minimum Gasteiger partial charge on any atom is -0.424 e. The van der Waals surface area contributed by atoms with Crippen molar-refractivity contribution < 1.29 is 31.6 Å². The number of amides is 1. The van der Waals surface area contributed by atoms with Crippen LogP contribution in [0.4, 0.5) is 10.1 Å². The number of benzene rings is 2. The van der Waals surface area contributed by atoms with Gasteiger partial charge in [0, 0.05) is 42.6 Å². The first-order chi connectivity index (χ1) is 18.0. The predicted molar refractivity (Wildman–Crippen MR) is 142 cm³/mol. The summed E-state index contributed by atoms with van der Waals surface area (Å²) in [4.78, 5) is 24.0. The van der Waals surface area contributed by atoms with Gasteiger partial charge in [0.05, 0.1) is 12.1 Å². The molecule has 2 aromatic carbocycles. The highest BCUT2D eigenvalue weighted by molar-refractivity contribution is 7.92. The van der Waals surface area contributed by atoms with E-state index >= 15 is 0 Å². The molecular formula is C22H26FN6O6PS2. The van der Waals surface area contributed by atoms with Crippen molar-refractivity contribution in [3.05, 3.63) is 53.8 Å². The van der Waals surface area contributed by atoms with Gasteiger partial charge in [-0.15, -0.1) is 11.3 Å². The molecule has 1 atom stereocenters. The number of halogens is 1. The van der Waals surface area contributed by atoms with Crippen LogP contribution in [0.3, 0.4) is 0 Å². The molecule has 1 unspecified atom stereocenters. The van der Waals surface area contributed by atoms with E-state index in [0.717, 1.165) is 29.5 Å². The predicted octanol–water partition coefficient (Wildman–Crippen LogP) is 1.57. The van der Waals surface area contributed by atoms with E-state index in [2.05, 4.69) is 5.32 Å². The molecule has 38 heavy (non-hydrogen) atoms. The zero-order valence-electron chi connectivity index (χ0n) is 20.0. The van der Waals surface area contributed by atoms with Gasteiger partial charge in [0.15, 0.2) is 0 Å². The van der Waals surface area contributed by atoms with E-state index in [-0.39, 0.29) is 28.0 Å². The maximum absolute atomic E-state index is 13.7. The molecule has 0 spiro atoms. The molecule has 12 nitrogen and oxygen atoms in total. The normalized spacial score (nSPS) is 13.0. The second-order valence-corrected chi connectivity index (χ2v) is 12.8. The van der Waals surface area contributed by atoms with Crippen LogP contribution in [0.5, 0.6) is 5.75 Å². The average molecular weight is 585 g/mol. The number of nitrogens with two attached hydrogens (primary N) is 2. The second-order valence-electron chi connectivity index (χ2n) is 7.92. The average Bonchev–Trinajstić information content (AvgIpc) is 3.31. The lowest BCUT2D eigenvalue weighted by Gasteiger charge is -2.21. The maximum atomic E-state index is 13.7. The number of nitrogens with one attached hydrogen (secondary N) is 2. The van der Waals surface area contributed by atoms with Crippen molar-refractivity contribution in [3.8, 4) is 11.8 Å². The lowest BCUT2D eigenvalue weighted by Crippen LogP contribution is -2.41. The minimum atomic E-state index is -4.55. The molecule has 0 bridgehead atoms. The Morgan fingerprint density at radius 2 is 1.89 bits per heavy atom. The monoisotopic (exact) mass is 584 g/mol. The fraction of sp³-hybridized carbons (Fsp3) is 0.273. The van der Waals surface area contributed by atoms with E-state index < -0.39 is 29.7 Å². The molecule has 3 rings (SSSR count). The van der Waals surface area contributed by atoms with Gasteiger partial charge in [-0.1, -0.05) is 0 Å². The molecule has 1 amide bonds. The molecule has 0 aliphatic heterocycles. The van der Waals surface area contributed by atoms with Crippen LogP contribution in [0.25, 0.3) is 10.1 Å². The summed E-state index contributed by atoms with van der Waals surface area (Å²) in [5.74, 6) is -1.46. The van der Waals surface area contributed by atoms with Gasteiger partial charge in [0.1, 0.15) is 28.1 Å². The molecule has 3 aromatic rings. The molecule has 0 saturated heterocycles. The Hall–Kier alpha value is -3.09. The molecule has 204 valence electrons. The number of carbonyl (C=O) groups excluding carboxylic acids is 1. The summed E-state index contributed by atoms with van der Waals surface area (Å²) in [6.45, 7) is 1.38. The van der Waals surface area contributed by atoms with Crippen LogP contribution in [-0.4, -0.2) is 63.1 Å². The van der Waals surface area contributed by atoms with Crippen molar-refractivity contribution >= 4 is 50.6 Å². The number of anilines is 1. The highest BCUT2D eigenvalue weighted by Gasteiger charge is 2.27. The molecule has 7 N–H and O–H groups in total. The quantitative estimate of drug-likeness (QED) is 0.184. The Morgan fingerprint density at radius 3 is 2.53 bits per heavy atom. The summed E-state index contributed by atoms with van der Waals surface area (Å²) in [6, 6.07) is 11.0. The summed E-state index contributed by atoms with van der Waals surface area (Å²) in [7, 11) is -8.75. The second kappa shape index (κ2) is 12.6. The zero-order chi connectivity index (χ0) is 27.9. The lowest BCUT2D eigenvalue weighted by atomic mass is 10.2. The van der Waals surface area contributed by atoms with Gasteiger partial charge in [-0.05, 0) is 41.8 Å². The van der Waals surface area contributed by atoms with E-state index in [0.29, 0.717) is 42.0 Å². The number of sulfonamides is 1. The summed E-state index contributed by atoms with van der Waals surface area (Å²) in [5.41, 5.74) is 11.4. The molecule has 0 aliphatic rings. The number of nitrogens with zero attached hydrogens (tertiary/aromatic N) is 2. The van der Waals surface area contributed by atoms with Crippen molar-refractivity contribution in [2.24, 2.45) is 11.5 Å². The van der Waals surface area contributed by atoms with Crippen LogP contribution in [0.15, 0.2) is 46.7 Å². The maximum Gasteiger partial charge on any atom is 0.391 e. The number of hydrogen-bond acceptors (Lipinski definition) is 10. The molecule has 16 heteroatoms. The van der Waals surface area contributed by atoms with Crippen molar-refractivity contribution in [2.75, 3.05) is 44.3 Å². The van der Waals surface area contributed by atoms with Crippen LogP contribution in [0, 0.1) is 17.1 Å². The standard InChI is InChI=1S/C22H26FN6O6PS2/c23-19-11-18(3-1-15(19)12-26)35-36(31,32)14-28-38(33,34)22-10-16-9-17(2-4-20(16)37-22)27-13-21(30)29(7-5-24)8-6-25/h1-4,9-11,27-28H,5-8,13-14,24-25H2,(H,31,32). The summed E-state index contributed by atoms with van der Waals surface area (Å²) < 4.78 is 59.0. The van der Waals surface area contributed by atoms with Crippen molar-refractivity contribution in [3.63, 3.8) is 0 Å². The van der Waals surface area contributed by atoms with Crippen molar-refractivity contribution in [1.82, 2.24) is 9.62 Å². The third-order valence-electron chi connectivity index (χ3n) is 5.12. The first kappa shape index (κ1) is 29.5. The topological polar surface area (TPSA) is 201 Å². The molecular weight excluding hydrogens is 558 g/mol. The molecule has 0 fully saturated rings. The Labute approximate surface area is 222 Å². The highest BCUT2D eigenvalue weighted by atomic mass is 32.2. The van der Waals surface area contributed by atoms with E-state index in [1.807, 2.05) is 4.72 Å². The van der Waals surface area contributed by atoms with Crippen molar-refractivity contribution in [1.29, 1.82) is 5.26 Å². The molecule has 1 aromatic heterocycles. The number of nitriles is 1. The van der Waals surface area contributed by atoms with Gasteiger partial charge >= 0.3 is 7.60 Å².